The van der Waals surface area contributed by atoms with Gasteiger partial charge in [-0.2, -0.15) is 8.42 Å². The van der Waals surface area contributed by atoms with Crippen LogP contribution >= 0.6 is 11.8 Å². The van der Waals surface area contributed by atoms with Crippen molar-refractivity contribution in [3.8, 4) is 0 Å². The molecule has 4 saturated heterocycles. The van der Waals surface area contributed by atoms with Gasteiger partial charge in [0, 0.05) is 12.3 Å². The molecule has 0 aromatic heterocycles. The van der Waals surface area contributed by atoms with Gasteiger partial charge in [0.25, 0.3) is 10.1 Å². The lowest BCUT2D eigenvalue weighted by Crippen LogP contribution is -2.60. The van der Waals surface area contributed by atoms with Gasteiger partial charge in [0.05, 0.1) is 10.5 Å². The predicted octanol–water partition coefficient (Wildman–Crippen LogP) is 2.49. The minimum absolute atomic E-state index is 0.0741. The maximum atomic E-state index is 10.4. The van der Waals surface area contributed by atoms with Crippen LogP contribution in [-0.2, 0) is 14.9 Å². The third kappa shape index (κ3) is 3.91. The van der Waals surface area contributed by atoms with Gasteiger partial charge in [-0.25, -0.2) is 0 Å². The second-order valence-electron chi connectivity index (χ2n) is 6.40. The highest BCUT2D eigenvalue weighted by Gasteiger charge is 2.51. The van der Waals surface area contributed by atoms with E-state index in [0.29, 0.717) is 5.44 Å². The summed E-state index contributed by atoms with van der Waals surface area (Å²) in [5.41, 5.74) is 0.682. The van der Waals surface area contributed by atoms with Crippen LogP contribution in [0.5, 0.6) is 0 Å². The van der Waals surface area contributed by atoms with E-state index in [4.69, 9.17) is 9.29 Å². The number of piperidine rings is 3. The lowest BCUT2D eigenvalue weighted by Gasteiger charge is -2.50. The van der Waals surface area contributed by atoms with Crippen molar-refractivity contribution in [2.24, 2.45) is 5.92 Å². The smallest absolute Gasteiger partial charge is 0.294 e. The van der Waals surface area contributed by atoms with Gasteiger partial charge in [-0.05, 0) is 50.9 Å². The van der Waals surface area contributed by atoms with Crippen molar-refractivity contribution in [1.82, 2.24) is 4.90 Å². The van der Waals surface area contributed by atoms with E-state index in [1.807, 2.05) is 11.8 Å². The molecule has 5 nitrogen and oxygen atoms in total. The molecule has 0 saturated carbocycles. The first-order valence-electron chi connectivity index (χ1n) is 7.93. The Morgan fingerprint density at radius 1 is 1.26 bits per heavy atom. The first-order chi connectivity index (χ1) is 10.9. The number of rotatable bonds is 1. The molecule has 4 aliphatic rings. The number of hydrogen-bond donors (Lipinski definition) is 1. The molecule has 1 spiro atoms. The molecular formula is C16H23NO4S2. The van der Waals surface area contributed by atoms with E-state index in [9.17, 15) is 8.42 Å². The molecule has 4 heterocycles. The Morgan fingerprint density at radius 2 is 1.91 bits per heavy atom. The van der Waals surface area contributed by atoms with Crippen molar-refractivity contribution in [2.75, 3.05) is 25.4 Å². The van der Waals surface area contributed by atoms with Crippen LogP contribution in [0, 0.1) is 5.92 Å². The van der Waals surface area contributed by atoms with Crippen LogP contribution in [0.25, 0.3) is 0 Å². The van der Waals surface area contributed by atoms with Gasteiger partial charge in [-0.1, -0.05) is 18.2 Å². The lowest BCUT2D eigenvalue weighted by molar-refractivity contribution is -0.133. The minimum atomic E-state index is -4.00. The van der Waals surface area contributed by atoms with Gasteiger partial charge in [0.15, 0.2) is 0 Å². The molecular weight excluding hydrogens is 334 g/mol. The summed E-state index contributed by atoms with van der Waals surface area (Å²) < 4.78 is 35.4. The number of fused-ring (bicyclic) bond motifs is 2. The summed E-state index contributed by atoms with van der Waals surface area (Å²) in [5.74, 6) is 2.09. The van der Waals surface area contributed by atoms with Crippen molar-refractivity contribution < 1.29 is 17.7 Å². The topological polar surface area (TPSA) is 66.8 Å². The van der Waals surface area contributed by atoms with E-state index in [-0.39, 0.29) is 10.5 Å². The standard InChI is InChI=1S/C10H17NOS.C6H6O3S/c1-8-12-10(7-13-8)6-11-4-2-9(10)3-5-11;7-10(8,9)6-4-2-1-3-5-6/h8-9H,2-7H2,1H3;1-5H,(H,7,8,9). The van der Waals surface area contributed by atoms with Crippen LogP contribution in [0.3, 0.4) is 0 Å². The van der Waals surface area contributed by atoms with Gasteiger partial charge >= 0.3 is 0 Å². The molecule has 1 aromatic rings. The van der Waals surface area contributed by atoms with Crippen LogP contribution in [-0.4, -0.2) is 54.3 Å². The summed E-state index contributed by atoms with van der Waals surface area (Å²) >= 11 is 1.99. The summed E-state index contributed by atoms with van der Waals surface area (Å²) in [7, 11) is -4.00. The van der Waals surface area contributed by atoms with Crippen LogP contribution in [0.15, 0.2) is 35.2 Å². The molecule has 128 valence electrons. The Hall–Kier alpha value is -0.600. The van der Waals surface area contributed by atoms with E-state index in [1.54, 1.807) is 18.2 Å². The van der Waals surface area contributed by atoms with Gasteiger partial charge in [-0.15, -0.1) is 11.8 Å². The fourth-order valence-electron chi connectivity index (χ4n) is 3.67. The van der Waals surface area contributed by atoms with E-state index >= 15 is 0 Å². The Labute approximate surface area is 142 Å². The van der Waals surface area contributed by atoms with Gasteiger partial charge < -0.3 is 9.64 Å². The van der Waals surface area contributed by atoms with Gasteiger partial charge in [0.1, 0.15) is 5.44 Å². The molecule has 1 aromatic carbocycles. The Bertz CT molecular complexity index is 629. The fourth-order valence-corrected chi connectivity index (χ4v) is 5.34. The van der Waals surface area contributed by atoms with Gasteiger partial charge in [0.2, 0.25) is 0 Å². The Balaban J connectivity index is 0.000000142. The molecule has 0 radical (unpaired) electrons. The van der Waals surface area contributed by atoms with E-state index < -0.39 is 10.1 Å². The largest absolute Gasteiger partial charge is 0.359 e. The van der Waals surface area contributed by atoms with Gasteiger partial charge in [-0.3, -0.25) is 4.55 Å². The van der Waals surface area contributed by atoms with Crippen molar-refractivity contribution in [1.29, 1.82) is 0 Å². The Morgan fingerprint density at radius 3 is 2.30 bits per heavy atom. The van der Waals surface area contributed by atoms with Crippen molar-refractivity contribution in [2.45, 2.75) is 35.7 Å². The number of ether oxygens (including phenoxy) is 1. The monoisotopic (exact) mass is 357 g/mol. The molecule has 2 atom stereocenters. The maximum Gasteiger partial charge on any atom is 0.294 e. The van der Waals surface area contributed by atoms with Crippen LogP contribution in [0.1, 0.15) is 19.8 Å². The van der Waals surface area contributed by atoms with Crippen molar-refractivity contribution >= 4 is 21.9 Å². The molecule has 23 heavy (non-hydrogen) atoms. The highest BCUT2D eigenvalue weighted by Crippen LogP contribution is 2.46. The molecule has 0 aliphatic carbocycles. The molecule has 2 unspecified atom stereocenters. The molecule has 4 aliphatic heterocycles. The molecule has 4 fully saturated rings. The number of hydrogen-bond acceptors (Lipinski definition) is 5. The zero-order chi connectivity index (χ0) is 16.5. The predicted molar refractivity (Wildman–Crippen MR) is 91.2 cm³/mol. The minimum Gasteiger partial charge on any atom is -0.359 e. The fraction of sp³-hybridized carbons (Fsp3) is 0.625. The summed E-state index contributed by atoms with van der Waals surface area (Å²) in [4.78, 5) is 2.51. The molecule has 5 rings (SSSR count). The molecule has 0 amide bonds. The SMILES string of the molecule is CC1OC2(CS1)CN1CCC2CC1.O=S(=O)(O)c1ccccc1. The zero-order valence-electron chi connectivity index (χ0n) is 13.2. The molecule has 7 heteroatoms. The van der Waals surface area contributed by atoms with E-state index in [2.05, 4.69) is 11.8 Å². The second kappa shape index (κ2) is 6.72. The first kappa shape index (κ1) is 17.2. The third-order valence-electron chi connectivity index (χ3n) is 4.83. The first-order valence-corrected chi connectivity index (χ1v) is 10.4. The van der Waals surface area contributed by atoms with Crippen molar-refractivity contribution in [3.05, 3.63) is 30.3 Å². The lowest BCUT2D eigenvalue weighted by atomic mass is 9.76. The molecule has 1 N–H and O–H groups in total. The summed E-state index contributed by atoms with van der Waals surface area (Å²) in [5, 5.41) is 0. The normalized spacial score (nSPS) is 35.8. The number of thioether (sulfide) groups is 1. The van der Waals surface area contributed by atoms with Crippen molar-refractivity contribution in [3.63, 3.8) is 0 Å². The van der Waals surface area contributed by atoms with Crippen LogP contribution in [0.4, 0.5) is 0 Å². The second-order valence-corrected chi connectivity index (χ2v) is 9.11. The highest BCUT2D eigenvalue weighted by molar-refractivity contribution is 8.00. The number of benzene rings is 1. The summed E-state index contributed by atoms with van der Waals surface area (Å²) in [6, 6.07) is 7.42. The summed E-state index contributed by atoms with van der Waals surface area (Å²) in [6.07, 6.45) is 2.74. The average Bonchev–Trinajstić information content (AvgIpc) is 2.90. The zero-order valence-corrected chi connectivity index (χ0v) is 14.9. The van der Waals surface area contributed by atoms with E-state index in [0.717, 1.165) is 5.92 Å². The molecule has 2 bridgehead atoms. The maximum absolute atomic E-state index is 10.4. The average molecular weight is 357 g/mol. The Kier molecular flexibility index (Phi) is 5.04. The third-order valence-corrected chi connectivity index (χ3v) is 6.92. The van der Waals surface area contributed by atoms with E-state index in [1.165, 1.54) is 50.4 Å². The summed E-state index contributed by atoms with van der Waals surface area (Å²) in [6.45, 7) is 6.02. The van der Waals surface area contributed by atoms with Crippen LogP contribution in [0.2, 0.25) is 0 Å². The quantitative estimate of drug-likeness (QED) is 0.779. The highest BCUT2D eigenvalue weighted by atomic mass is 32.2. The van der Waals surface area contributed by atoms with Crippen LogP contribution < -0.4 is 0 Å². The number of nitrogens with zero attached hydrogens (tertiary/aromatic N) is 1.